The first-order chi connectivity index (χ1) is 18.9. The number of carbonyl (C=O) groups excluding carboxylic acids is 1. The number of fused-ring (bicyclic) bond motifs is 5. The zero-order valence-electron chi connectivity index (χ0n) is 21.0. The van der Waals surface area contributed by atoms with Crippen LogP contribution in [0.3, 0.4) is 0 Å². The van der Waals surface area contributed by atoms with Gasteiger partial charge in [0.05, 0.1) is 17.6 Å². The zero-order chi connectivity index (χ0) is 27.1. The lowest BCUT2D eigenvalue weighted by atomic mass is 9.90. The molecule has 5 aromatic rings. The topological polar surface area (TPSA) is 101 Å². The molecule has 0 saturated carbocycles. The number of likely N-dealkylation sites (N-methyl/N-ethyl adjacent to an activating group) is 1. The van der Waals surface area contributed by atoms with E-state index < -0.39 is 34.2 Å². The van der Waals surface area contributed by atoms with Crippen molar-refractivity contribution in [3.05, 3.63) is 96.6 Å². The van der Waals surface area contributed by atoms with E-state index in [4.69, 9.17) is 4.18 Å². The van der Waals surface area contributed by atoms with Crippen LogP contribution in [0.15, 0.2) is 85.1 Å². The van der Waals surface area contributed by atoms with Crippen LogP contribution in [0, 0.1) is 5.82 Å². The number of anilines is 1. The Labute approximate surface area is 224 Å². The predicted molar refractivity (Wildman–Crippen MR) is 149 cm³/mol. The highest BCUT2D eigenvalue weighted by Gasteiger charge is 2.53. The van der Waals surface area contributed by atoms with Crippen LogP contribution in [0.1, 0.15) is 11.7 Å². The number of amides is 1. The van der Waals surface area contributed by atoms with Crippen LogP contribution in [-0.2, 0) is 19.3 Å². The number of nitrogens with zero attached hydrogens (tertiary/aromatic N) is 2. The Bertz CT molecular complexity index is 1830. The van der Waals surface area contributed by atoms with Crippen molar-refractivity contribution in [1.29, 1.82) is 0 Å². The number of carbonyl (C=O) groups is 1. The molecule has 1 aromatic heterocycles. The monoisotopic (exact) mass is 544 g/mol. The van der Waals surface area contributed by atoms with Crippen LogP contribution < -0.4 is 14.9 Å². The summed E-state index contributed by atoms with van der Waals surface area (Å²) in [6.07, 6.45) is -0.323. The Morgan fingerprint density at radius 3 is 2.36 bits per heavy atom. The van der Waals surface area contributed by atoms with E-state index in [0.717, 1.165) is 38.5 Å². The summed E-state index contributed by atoms with van der Waals surface area (Å²) >= 11 is 0. The van der Waals surface area contributed by atoms with E-state index in [2.05, 4.69) is 27.2 Å². The van der Waals surface area contributed by atoms with Crippen molar-refractivity contribution < 1.29 is 21.8 Å². The molecule has 6 rings (SSSR count). The van der Waals surface area contributed by atoms with Gasteiger partial charge in [-0.25, -0.2) is 8.57 Å². The molecule has 2 heterocycles. The van der Waals surface area contributed by atoms with Crippen molar-refractivity contribution in [2.75, 3.05) is 25.0 Å². The normalized spacial score (nSPS) is 17.7. The van der Waals surface area contributed by atoms with Gasteiger partial charge in [-0.3, -0.25) is 14.7 Å². The fourth-order valence-corrected chi connectivity index (χ4v) is 6.07. The SMILES string of the molecule is CNCCNS(=O)(=O)O[C@@H]1C(=O)N(c2cc3c4ccccc4ccc3c3ccccc23)[C@H]1c1ccc(F)cn1. The molecule has 1 amide bonds. The van der Waals surface area contributed by atoms with Gasteiger partial charge in [-0.05, 0) is 52.2 Å². The van der Waals surface area contributed by atoms with Gasteiger partial charge in [-0.1, -0.05) is 60.7 Å². The number of aromatic nitrogens is 1. The summed E-state index contributed by atoms with van der Waals surface area (Å²) in [5.74, 6) is -1.08. The lowest BCUT2D eigenvalue weighted by Gasteiger charge is -2.46. The Hall–Kier alpha value is -3.96. The number of benzene rings is 4. The minimum atomic E-state index is -4.25. The van der Waals surface area contributed by atoms with Gasteiger partial charge in [0, 0.05) is 18.5 Å². The Balaban J connectivity index is 1.51. The van der Waals surface area contributed by atoms with Gasteiger partial charge in [0.1, 0.15) is 11.9 Å². The van der Waals surface area contributed by atoms with Gasteiger partial charge in [-0.2, -0.15) is 13.1 Å². The molecule has 0 bridgehead atoms. The molecule has 1 aliphatic rings. The van der Waals surface area contributed by atoms with Gasteiger partial charge in [-0.15, -0.1) is 0 Å². The summed E-state index contributed by atoms with van der Waals surface area (Å²) in [6.45, 7) is 0.471. The molecular formula is C29H25FN4O4S. The third kappa shape index (κ3) is 4.51. The average Bonchev–Trinajstić information content (AvgIpc) is 2.95. The van der Waals surface area contributed by atoms with Gasteiger partial charge in [0.15, 0.2) is 6.10 Å². The minimum Gasteiger partial charge on any atom is -0.318 e. The first kappa shape index (κ1) is 25.3. The molecular weight excluding hydrogens is 519 g/mol. The molecule has 198 valence electrons. The highest BCUT2D eigenvalue weighted by atomic mass is 32.2. The molecule has 39 heavy (non-hydrogen) atoms. The molecule has 8 nitrogen and oxygen atoms in total. The number of halogens is 1. The molecule has 0 unspecified atom stereocenters. The van der Waals surface area contributed by atoms with E-state index in [9.17, 15) is 17.6 Å². The molecule has 0 radical (unpaired) electrons. The molecule has 1 aliphatic heterocycles. The number of pyridine rings is 1. The lowest BCUT2D eigenvalue weighted by Crippen LogP contribution is -2.61. The maximum atomic E-state index is 13.8. The third-order valence-electron chi connectivity index (χ3n) is 6.99. The quantitative estimate of drug-likeness (QED) is 0.173. The number of rotatable bonds is 8. The molecule has 0 aliphatic carbocycles. The maximum absolute atomic E-state index is 13.8. The number of nitrogens with one attached hydrogen (secondary N) is 2. The van der Waals surface area contributed by atoms with Crippen LogP contribution in [0.25, 0.3) is 32.3 Å². The zero-order valence-corrected chi connectivity index (χ0v) is 21.8. The van der Waals surface area contributed by atoms with Gasteiger partial charge >= 0.3 is 10.3 Å². The summed E-state index contributed by atoms with van der Waals surface area (Å²) in [6, 6.07) is 23.6. The van der Waals surface area contributed by atoms with Crippen molar-refractivity contribution in [3.63, 3.8) is 0 Å². The first-order valence-electron chi connectivity index (χ1n) is 12.5. The van der Waals surface area contributed by atoms with E-state index in [1.54, 1.807) is 7.05 Å². The van der Waals surface area contributed by atoms with Crippen LogP contribution >= 0.6 is 0 Å². The molecule has 2 N–H and O–H groups in total. The minimum absolute atomic E-state index is 0.0886. The second-order valence-corrected chi connectivity index (χ2v) is 10.7. The predicted octanol–water partition coefficient (Wildman–Crippen LogP) is 4.21. The number of hydrogen-bond donors (Lipinski definition) is 2. The Morgan fingerprint density at radius 1 is 0.897 bits per heavy atom. The second kappa shape index (κ2) is 9.97. The van der Waals surface area contributed by atoms with Crippen LogP contribution in [0.4, 0.5) is 10.1 Å². The molecule has 4 aromatic carbocycles. The molecule has 1 fully saturated rings. The second-order valence-electron chi connectivity index (χ2n) is 9.35. The highest BCUT2D eigenvalue weighted by molar-refractivity contribution is 7.84. The van der Waals surface area contributed by atoms with Gasteiger partial charge in [0.25, 0.3) is 5.91 Å². The summed E-state index contributed by atoms with van der Waals surface area (Å²) in [5, 5.41) is 8.66. The van der Waals surface area contributed by atoms with Gasteiger partial charge in [0.2, 0.25) is 0 Å². The summed E-state index contributed by atoms with van der Waals surface area (Å²) < 4.78 is 46.7. The van der Waals surface area contributed by atoms with Crippen molar-refractivity contribution >= 4 is 54.2 Å². The molecule has 1 saturated heterocycles. The fraction of sp³-hybridized carbons (Fsp3) is 0.172. The van der Waals surface area contributed by atoms with Gasteiger partial charge < -0.3 is 5.32 Å². The van der Waals surface area contributed by atoms with Crippen molar-refractivity contribution in [2.45, 2.75) is 12.1 Å². The lowest BCUT2D eigenvalue weighted by molar-refractivity contribution is -0.134. The number of β-lactam (4-membered cyclic amide) rings is 1. The van der Waals surface area contributed by atoms with E-state index in [-0.39, 0.29) is 6.54 Å². The number of hydrogen-bond acceptors (Lipinski definition) is 6. The van der Waals surface area contributed by atoms with Crippen molar-refractivity contribution in [2.24, 2.45) is 0 Å². The largest absolute Gasteiger partial charge is 0.336 e. The van der Waals surface area contributed by atoms with Crippen LogP contribution in [0.2, 0.25) is 0 Å². The smallest absolute Gasteiger partial charge is 0.318 e. The maximum Gasteiger partial charge on any atom is 0.336 e. The molecule has 10 heteroatoms. The third-order valence-corrected chi connectivity index (χ3v) is 8.01. The molecule has 0 spiro atoms. The van der Waals surface area contributed by atoms with Crippen LogP contribution in [-0.4, -0.2) is 45.6 Å². The summed E-state index contributed by atoms with van der Waals surface area (Å²) in [5.41, 5.74) is 0.907. The van der Waals surface area contributed by atoms with Crippen molar-refractivity contribution in [1.82, 2.24) is 15.0 Å². The Morgan fingerprint density at radius 2 is 1.62 bits per heavy atom. The average molecular weight is 545 g/mol. The van der Waals surface area contributed by atoms with E-state index in [0.29, 0.717) is 17.9 Å². The van der Waals surface area contributed by atoms with E-state index >= 15 is 0 Å². The van der Waals surface area contributed by atoms with Crippen molar-refractivity contribution in [3.8, 4) is 0 Å². The summed E-state index contributed by atoms with van der Waals surface area (Å²) in [4.78, 5) is 19.3. The highest BCUT2D eigenvalue weighted by Crippen LogP contribution is 2.46. The fourth-order valence-electron chi connectivity index (χ4n) is 5.19. The Kier molecular flexibility index (Phi) is 6.48. The van der Waals surface area contributed by atoms with E-state index in [1.807, 2.05) is 54.6 Å². The molecule has 2 atom stereocenters. The summed E-state index contributed by atoms with van der Waals surface area (Å²) in [7, 11) is -2.56. The van der Waals surface area contributed by atoms with Crippen LogP contribution in [0.5, 0.6) is 0 Å². The standard InChI is InChI=1S/C29H25FN4O4S/c1-31-14-15-33-39(36,37)38-28-27(25-13-11-19(30)17-32-25)34(29(28)35)26-16-24-20-7-3-2-6-18(20)10-12-22(24)21-8-4-5-9-23(21)26/h2-13,16-17,27-28,31,33H,14-15H2,1H3/t27-,28-/m0/s1. The van der Waals surface area contributed by atoms with E-state index in [1.165, 1.54) is 17.0 Å². The first-order valence-corrected chi connectivity index (χ1v) is 13.9.